The van der Waals surface area contributed by atoms with E-state index in [9.17, 15) is 31.1 Å². The Kier molecular flexibility index (Phi) is 11.9. The van der Waals surface area contributed by atoms with Crippen LogP contribution in [0.15, 0.2) is 30.7 Å². The van der Waals surface area contributed by atoms with Gasteiger partial charge in [-0.3, -0.25) is 14.5 Å². The Hall–Kier alpha value is -3.73. The maximum atomic E-state index is 12.2. The normalized spacial score (nSPS) is 17.3. The molecule has 1 atom stereocenters. The Morgan fingerprint density at radius 1 is 1.02 bits per heavy atom. The summed E-state index contributed by atoms with van der Waals surface area (Å²) in [5.74, 6) is -5.04. The van der Waals surface area contributed by atoms with E-state index in [4.69, 9.17) is 34.4 Å². The lowest BCUT2D eigenvalue weighted by molar-refractivity contribution is -0.193. The van der Waals surface area contributed by atoms with E-state index in [0.717, 1.165) is 44.7 Å². The molecule has 2 aliphatic heterocycles. The Labute approximate surface area is 223 Å². The zero-order valence-corrected chi connectivity index (χ0v) is 20.7. The molecule has 11 nitrogen and oxygen atoms in total. The number of carbonyl (C=O) groups excluding carboxylic acids is 1. The first kappa shape index (κ1) is 32.5. The average molecular weight is 584 g/mol. The number of carbonyl (C=O) groups is 3. The smallest absolute Gasteiger partial charge is 0.475 e. The maximum Gasteiger partial charge on any atom is 0.490 e. The second kappa shape index (κ2) is 14.6. The zero-order valence-electron chi connectivity index (χ0n) is 20.7. The van der Waals surface area contributed by atoms with Gasteiger partial charge in [-0.15, -0.1) is 0 Å². The van der Waals surface area contributed by atoms with Crippen LogP contribution in [-0.2, 0) is 32.0 Å². The molecule has 4 rings (SSSR count). The number of nitrogens with one attached hydrogen (secondary N) is 1. The fraction of sp³-hybridized carbons (Fsp3) is 0.522. The topological polar surface area (TPSA) is 153 Å². The van der Waals surface area contributed by atoms with E-state index in [1.54, 1.807) is 24.5 Å². The van der Waals surface area contributed by atoms with Crippen LogP contribution < -0.4 is 5.32 Å². The summed E-state index contributed by atoms with van der Waals surface area (Å²) in [6.07, 6.45) is -1.96. The SMILES string of the molecule is O=C(NCC1OCCc2cn(CC3CCOCC3)nc21)c1cccnc1.O=C(O)C(F)(F)F.O=C(O)C(F)(F)F. The first-order valence-electron chi connectivity index (χ1n) is 11.7. The highest BCUT2D eigenvalue weighted by Gasteiger charge is 2.38. The third-order valence-corrected chi connectivity index (χ3v) is 5.51. The lowest BCUT2D eigenvalue weighted by Crippen LogP contribution is -2.32. The van der Waals surface area contributed by atoms with E-state index in [1.807, 2.05) is 4.68 Å². The molecule has 2 aromatic heterocycles. The summed E-state index contributed by atoms with van der Waals surface area (Å²) in [4.78, 5) is 34.0. The fourth-order valence-corrected chi connectivity index (χ4v) is 3.56. The largest absolute Gasteiger partial charge is 0.490 e. The molecule has 1 saturated heterocycles. The Balaban J connectivity index is 0.000000333. The van der Waals surface area contributed by atoms with Gasteiger partial charge in [0, 0.05) is 44.9 Å². The van der Waals surface area contributed by atoms with Crippen molar-refractivity contribution >= 4 is 17.8 Å². The maximum absolute atomic E-state index is 12.2. The minimum atomic E-state index is -5.08. The number of hydrogen-bond donors (Lipinski definition) is 3. The molecule has 4 heterocycles. The van der Waals surface area contributed by atoms with Crippen LogP contribution in [0.1, 0.15) is 40.6 Å². The highest BCUT2D eigenvalue weighted by Crippen LogP contribution is 2.26. The zero-order chi connectivity index (χ0) is 29.9. The van der Waals surface area contributed by atoms with Crippen molar-refractivity contribution in [2.24, 2.45) is 5.92 Å². The average Bonchev–Trinajstić information content (AvgIpc) is 3.31. The molecular formula is C23H26F6N4O7. The van der Waals surface area contributed by atoms with E-state index >= 15 is 0 Å². The molecule has 3 N–H and O–H groups in total. The van der Waals surface area contributed by atoms with Crippen molar-refractivity contribution in [3.63, 3.8) is 0 Å². The number of aliphatic carboxylic acids is 2. The van der Waals surface area contributed by atoms with Crippen molar-refractivity contribution in [2.75, 3.05) is 26.4 Å². The number of ether oxygens (including phenoxy) is 2. The third-order valence-electron chi connectivity index (χ3n) is 5.51. The van der Waals surface area contributed by atoms with Gasteiger partial charge in [0.1, 0.15) is 6.10 Å². The van der Waals surface area contributed by atoms with E-state index in [0.29, 0.717) is 24.6 Å². The van der Waals surface area contributed by atoms with E-state index in [-0.39, 0.29) is 12.0 Å². The summed E-state index contributed by atoms with van der Waals surface area (Å²) < 4.78 is 76.8. The van der Waals surface area contributed by atoms with Crippen LogP contribution in [-0.4, -0.2) is 81.5 Å². The number of carboxylic acid groups (broad SMARTS) is 2. The number of alkyl halides is 6. The Bertz CT molecular complexity index is 1100. The van der Waals surface area contributed by atoms with Gasteiger partial charge in [0.15, 0.2) is 0 Å². The highest BCUT2D eigenvalue weighted by atomic mass is 19.4. The summed E-state index contributed by atoms with van der Waals surface area (Å²) >= 11 is 0. The van der Waals surface area contributed by atoms with Gasteiger partial charge in [-0.1, -0.05) is 0 Å². The molecule has 0 aromatic carbocycles. The van der Waals surface area contributed by atoms with E-state index < -0.39 is 24.3 Å². The van der Waals surface area contributed by atoms with Crippen LogP contribution >= 0.6 is 0 Å². The van der Waals surface area contributed by atoms with Crippen molar-refractivity contribution in [3.05, 3.63) is 47.5 Å². The second-order valence-corrected chi connectivity index (χ2v) is 8.48. The Morgan fingerprint density at radius 3 is 2.15 bits per heavy atom. The van der Waals surface area contributed by atoms with Gasteiger partial charge in [-0.25, -0.2) is 9.59 Å². The fourth-order valence-electron chi connectivity index (χ4n) is 3.56. The molecule has 0 radical (unpaired) electrons. The summed E-state index contributed by atoms with van der Waals surface area (Å²) in [6, 6.07) is 3.50. The molecule has 0 aliphatic carbocycles. The van der Waals surface area contributed by atoms with Gasteiger partial charge < -0.3 is 25.0 Å². The van der Waals surface area contributed by atoms with Crippen LogP contribution in [0, 0.1) is 5.92 Å². The summed E-state index contributed by atoms with van der Waals surface area (Å²) in [6.45, 7) is 3.68. The molecule has 1 fully saturated rings. The summed E-state index contributed by atoms with van der Waals surface area (Å²) in [5, 5.41) is 21.9. The van der Waals surface area contributed by atoms with Crippen molar-refractivity contribution in [1.82, 2.24) is 20.1 Å². The summed E-state index contributed by atoms with van der Waals surface area (Å²) in [7, 11) is 0. The lowest BCUT2D eigenvalue weighted by atomic mass is 10.0. The molecule has 222 valence electrons. The molecule has 1 amide bonds. The minimum absolute atomic E-state index is 0.143. The second-order valence-electron chi connectivity index (χ2n) is 8.48. The van der Waals surface area contributed by atoms with Crippen molar-refractivity contribution in [1.29, 1.82) is 0 Å². The van der Waals surface area contributed by atoms with Crippen molar-refractivity contribution in [2.45, 2.75) is 44.3 Å². The van der Waals surface area contributed by atoms with Gasteiger partial charge in [0.05, 0.1) is 17.9 Å². The van der Waals surface area contributed by atoms with Gasteiger partial charge in [-0.05, 0) is 42.9 Å². The van der Waals surface area contributed by atoms with Gasteiger partial charge in [-0.2, -0.15) is 31.4 Å². The lowest BCUT2D eigenvalue weighted by Gasteiger charge is -2.22. The molecule has 2 aromatic rings. The van der Waals surface area contributed by atoms with Crippen LogP contribution in [0.25, 0.3) is 0 Å². The number of aromatic nitrogens is 3. The summed E-state index contributed by atoms with van der Waals surface area (Å²) in [5.41, 5.74) is 2.73. The standard InChI is InChI=1S/C19H24N4O3.2C2HF3O2/c24-19(15-2-1-6-20-10-15)21-11-17-18-16(5-9-26-17)13-23(22-18)12-14-3-7-25-8-4-14;2*3-2(4,5)1(6)7/h1-2,6,10,13-14,17H,3-5,7-9,11-12H2,(H,21,24);2*(H,6,7). The molecule has 1 unspecified atom stereocenters. The van der Waals surface area contributed by atoms with Crippen molar-refractivity contribution in [3.8, 4) is 0 Å². The number of amides is 1. The number of halogens is 6. The molecule has 0 saturated carbocycles. The van der Waals surface area contributed by atoms with Crippen LogP contribution in [0.4, 0.5) is 26.3 Å². The molecule has 0 spiro atoms. The van der Waals surface area contributed by atoms with E-state index in [1.165, 1.54) is 5.56 Å². The molecule has 17 heteroatoms. The first-order valence-corrected chi connectivity index (χ1v) is 11.7. The highest BCUT2D eigenvalue weighted by molar-refractivity contribution is 5.93. The van der Waals surface area contributed by atoms with Gasteiger partial charge in [0.2, 0.25) is 0 Å². The number of pyridine rings is 1. The molecule has 40 heavy (non-hydrogen) atoms. The monoisotopic (exact) mass is 584 g/mol. The number of hydrogen-bond acceptors (Lipinski definition) is 7. The van der Waals surface area contributed by atoms with Gasteiger partial charge >= 0.3 is 24.3 Å². The van der Waals surface area contributed by atoms with Crippen LogP contribution in [0.2, 0.25) is 0 Å². The predicted molar refractivity (Wildman–Crippen MR) is 122 cm³/mol. The number of nitrogens with zero attached hydrogens (tertiary/aromatic N) is 3. The molecule has 0 bridgehead atoms. The number of carboxylic acids is 2. The van der Waals surface area contributed by atoms with Crippen LogP contribution in [0.5, 0.6) is 0 Å². The first-order chi connectivity index (χ1) is 18.7. The minimum Gasteiger partial charge on any atom is -0.475 e. The number of fused-ring (bicyclic) bond motifs is 1. The van der Waals surface area contributed by atoms with Crippen LogP contribution in [0.3, 0.4) is 0 Å². The molecular weight excluding hydrogens is 558 g/mol. The van der Waals surface area contributed by atoms with Gasteiger partial charge in [0.25, 0.3) is 5.91 Å². The number of rotatable bonds is 5. The third kappa shape index (κ3) is 10.8. The van der Waals surface area contributed by atoms with E-state index in [2.05, 4.69) is 16.5 Å². The molecule has 2 aliphatic rings. The predicted octanol–water partition coefficient (Wildman–Crippen LogP) is 3.02. The Morgan fingerprint density at radius 2 is 1.62 bits per heavy atom. The quantitative estimate of drug-likeness (QED) is 0.450. The van der Waals surface area contributed by atoms with Crippen molar-refractivity contribution < 1.29 is 60.4 Å².